The lowest BCUT2D eigenvalue weighted by atomic mass is 9.81. The number of nitrogens with two attached hydrogens (primary N) is 1. The number of hydrazine groups is 1. The van der Waals surface area contributed by atoms with Crippen molar-refractivity contribution in [2.24, 2.45) is 11.8 Å². The number of nitrogens with zero attached hydrogens (tertiary/aromatic N) is 2. The number of likely N-dealkylation sites (N-methyl/N-ethyl adjacent to an activating group) is 1. The summed E-state index contributed by atoms with van der Waals surface area (Å²) in [5.74, 6) is 6.16. The van der Waals surface area contributed by atoms with Crippen molar-refractivity contribution in [2.45, 2.75) is 51.1 Å². The van der Waals surface area contributed by atoms with Gasteiger partial charge in [0.1, 0.15) is 0 Å². The number of sulfonamides is 1. The Hall–Kier alpha value is -0.210. The van der Waals surface area contributed by atoms with Gasteiger partial charge in [0.2, 0.25) is 10.0 Å². The fraction of sp³-hybridized carbons (Fsp3) is 1.00. The molecule has 21 heavy (non-hydrogen) atoms. The first-order valence-corrected chi connectivity index (χ1v) is 9.58. The standard InChI is InChI=1S/C14H32N4O2S/c1-6-14(2,17(3)4)13(16-15)10-12-8-7-9-18(11-12)21(5,19)20/h12-13,16H,6-11,15H2,1-5H3. The van der Waals surface area contributed by atoms with Gasteiger partial charge in [0, 0.05) is 24.7 Å². The zero-order valence-corrected chi connectivity index (χ0v) is 14.9. The number of nitrogens with one attached hydrogen (secondary N) is 1. The molecule has 6 nitrogen and oxygen atoms in total. The van der Waals surface area contributed by atoms with Crippen LogP contribution in [0.2, 0.25) is 0 Å². The third-order valence-electron chi connectivity index (χ3n) is 5.21. The number of rotatable bonds is 7. The molecule has 126 valence electrons. The summed E-state index contributed by atoms with van der Waals surface area (Å²) in [6.07, 6.45) is 5.17. The maximum absolute atomic E-state index is 11.7. The van der Waals surface area contributed by atoms with Gasteiger partial charge in [-0.25, -0.2) is 12.7 Å². The van der Waals surface area contributed by atoms with E-state index < -0.39 is 10.0 Å². The monoisotopic (exact) mass is 320 g/mol. The van der Waals surface area contributed by atoms with Gasteiger partial charge in [-0.05, 0) is 52.6 Å². The topological polar surface area (TPSA) is 78.7 Å². The van der Waals surface area contributed by atoms with Crippen molar-refractivity contribution in [1.29, 1.82) is 0 Å². The second-order valence-corrected chi connectivity index (χ2v) is 8.67. The normalized spacial score (nSPS) is 25.8. The second kappa shape index (κ2) is 7.37. The van der Waals surface area contributed by atoms with Gasteiger partial charge in [-0.1, -0.05) is 6.92 Å². The lowest BCUT2D eigenvalue weighted by Gasteiger charge is -2.44. The fourth-order valence-electron chi connectivity index (χ4n) is 3.23. The van der Waals surface area contributed by atoms with Gasteiger partial charge in [-0.15, -0.1) is 0 Å². The van der Waals surface area contributed by atoms with Crippen molar-refractivity contribution in [1.82, 2.24) is 14.6 Å². The summed E-state index contributed by atoms with van der Waals surface area (Å²) in [6, 6.07) is 0.141. The first-order chi connectivity index (χ1) is 9.65. The van der Waals surface area contributed by atoms with Gasteiger partial charge >= 0.3 is 0 Å². The first-order valence-electron chi connectivity index (χ1n) is 7.73. The summed E-state index contributed by atoms with van der Waals surface area (Å²) in [5.41, 5.74) is 2.93. The molecule has 1 aliphatic heterocycles. The van der Waals surface area contributed by atoms with Gasteiger partial charge in [-0.3, -0.25) is 11.3 Å². The largest absolute Gasteiger partial charge is 0.302 e. The minimum Gasteiger partial charge on any atom is -0.302 e. The molecule has 0 bridgehead atoms. The van der Waals surface area contributed by atoms with Crippen LogP contribution in [0.3, 0.4) is 0 Å². The van der Waals surface area contributed by atoms with E-state index in [-0.39, 0.29) is 11.6 Å². The van der Waals surface area contributed by atoms with Crippen molar-refractivity contribution in [3.8, 4) is 0 Å². The Morgan fingerprint density at radius 3 is 2.52 bits per heavy atom. The number of piperidine rings is 1. The Balaban J connectivity index is 2.77. The molecule has 1 aliphatic rings. The highest BCUT2D eigenvalue weighted by Crippen LogP contribution is 2.29. The Labute approximate surface area is 130 Å². The average Bonchev–Trinajstić information content (AvgIpc) is 2.43. The quantitative estimate of drug-likeness (QED) is 0.531. The van der Waals surface area contributed by atoms with E-state index in [2.05, 4.69) is 38.3 Å². The molecule has 3 unspecified atom stereocenters. The minimum absolute atomic E-state index is 0.0396. The molecule has 7 heteroatoms. The van der Waals surface area contributed by atoms with E-state index in [1.165, 1.54) is 6.26 Å². The Bertz CT molecular complexity index is 427. The third kappa shape index (κ3) is 4.63. The summed E-state index contributed by atoms with van der Waals surface area (Å²) < 4.78 is 25.1. The molecule has 3 N–H and O–H groups in total. The van der Waals surface area contributed by atoms with Gasteiger partial charge in [0.25, 0.3) is 0 Å². The lowest BCUT2D eigenvalue weighted by Crippen LogP contribution is -2.59. The van der Waals surface area contributed by atoms with Crippen molar-refractivity contribution in [3.63, 3.8) is 0 Å². The van der Waals surface area contributed by atoms with E-state index in [1.807, 2.05) is 0 Å². The van der Waals surface area contributed by atoms with Crippen LogP contribution in [-0.2, 0) is 10.0 Å². The smallest absolute Gasteiger partial charge is 0.211 e. The summed E-state index contributed by atoms with van der Waals surface area (Å²) in [4.78, 5) is 2.20. The van der Waals surface area contributed by atoms with E-state index in [1.54, 1.807) is 4.31 Å². The predicted octanol–water partition coefficient (Wildman–Crippen LogP) is 0.610. The van der Waals surface area contributed by atoms with Crippen LogP contribution in [0.25, 0.3) is 0 Å². The van der Waals surface area contributed by atoms with E-state index >= 15 is 0 Å². The second-order valence-electron chi connectivity index (χ2n) is 6.69. The van der Waals surface area contributed by atoms with Crippen molar-refractivity contribution < 1.29 is 8.42 Å². The molecule has 0 aromatic carbocycles. The van der Waals surface area contributed by atoms with Crippen LogP contribution in [0.1, 0.15) is 39.5 Å². The summed E-state index contributed by atoms with van der Waals surface area (Å²) in [5, 5.41) is 0. The molecule has 0 spiro atoms. The summed E-state index contributed by atoms with van der Waals surface area (Å²) in [7, 11) is 1.05. The molecule has 1 heterocycles. The Kier molecular flexibility index (Phi) is 6.61. The number of hydrogen-bond acceptors (Lipinski definition) is 5. The van der Waals surface area contributed by atoms with Crippen LogP contribution in [0.15, 0.2) is 0 Å². The van der Waals surface area contributed by atoms with E-state index in [9.17, 15) is 8.42 Å². The SMILES string of the molecule is CCC(C)(C(CC1CCCN(S(C)(=O)=O)C1)NN)N(C)C. The molecular weight excluding hydrogens is 288 g/mol. The van der Waals surface area contributed by atoms with Crippen molar-refractivity contribution in [2.75, 3.05) is 33.4 Å². The zero-order chi connectivity index (χ0) is 16.3. The van der Waals surface area contributed by atoms with Crippen LogP contribution in [0.5, 0.6) is 0 Å². The maximum atomic E-state index is 11.7. The van der Waals surface area contributed by atoms with Gasteiger partial charge in [0.05, 0.1) is 6.26 Å². The van der Waals surface area contributed by atoms with Gasteiger partial charge in [0.15, 0.2) is 0 Å². The van der Waals surface area contributed by atoms with Crippen LogP contribution in [0.4, 0.5) is 0 Å². The molecule has 1 rings (SSSR count). The maximum Gasteiger partial charge on any atom is 0.211 e. The summed E-state index contributed by atoms with van der Waals surface area (Å²) in [6.45, 7) is 5.63. The van der Waals surface area contributed by atoms with Crippen LogP contribution in [-0.4, -0.2) is 62.6 Å². The van der Waals surface area contributed by atoms with Gasteiger partial charge in [-0.2, -0.15) is 0 Å². The molecule has 0 aliphatic carbocycles. The zero-order valence-electron chi connectivity index (χ0n) is 14.1. The third-order valence-corrected chi connectivity index (χ3v) is 6.48. The average molecular weight is 321 g/mol. The molecule has 1 saturated heterocycles. The Morgan fingerprint density at radius 2 is 2.10 bits per heavy atom. The molecule has 0 saturated carbocycles. The van der Waals surface area contributed by atoms with Crippen molar-refractivity contribution >= 4 is 10.0 Å². The highest BCUT2D eigenvalue weighted by atomic mass is 32.2. The molecule has 0 aromatic heterocycles. The summed E-state index contributed by atoms with van der Waals surface area (Å²) >= 11 is 0. The predicted molar refractivity (Wildman–Crippen MR) is 87.3 cm³/mol. The molecule has 3 atom stereocenters. The first kappa shape index (κ1) is 18.8. The Morgan fingerprint density at radius 1 is 1.48 bits per heavy atom. The highest BCUT2D eigenvalue weighted by molar-refractivity contribution is 7.88. The fourth-order valence-corrected chi connectivity index (χ4v) is 4.17. The number of hydrogen-bond donors (Lipinski definition) is 2. The van der Waals surface area contributed by atoms with E-state index in [4.69, 9.17) is 5.84 Å². The molecule has 0 amide bonds. The highest BCUT2D eigenvalue weighted by Gasteiger charge is 2.37. The molecule has 0 radical (unpaired) electrons. The molecule has 0 aromatic rings. The molecular formula is C14H32N4O2S. The van der Waals surface area contributed by atoms with E-state index in [0.29, 0.717) is 19.0 Å². The molecule has 1 fully saturated rings. The lowest BCUT2D eigenvalue weighted by molar-refractivity contribution is 0.0905. The van der Waals surface area contributed by atoms with Crippen LogP contribution in [0, 0.1) is 5.92 Å². The van der Waals surface area contributed by atoms with Gasteiger partial charge < -0.3 is 4.90 Å². The minimum atomic E-state index is -3.09. The van der Waals surface area contributed by atoms with E-state index in [0.717, 1.165) is 25.7 Å². The van der Waals surface area contributed by atoms with Crippen LogP contribution >= 0.6 is 0 Å². The van der Waals surface area contributed by atoms with Crippen molar-refractivity contribution in [3.05, 3.63) is 0 Å². The van der Waals surface area contributed by atoms with Crippen LogP contribution < -0.4 is 11.3 Å².